The largest absolute Gasteiger partial charge is 0.472 e. The average molecular weight is 314 g/mol. The van der Waals surface area contributed by atoms with Crippen LogP contribution in [0.1, 0.15) is 25.0 Å². The van der Waals surface area contributed by atoms with Crippen molar-refractivity contribution in [3.8, 4) is 5.88 Å². The molecule has 2 saturated heterocycles. The molecular weight excluding hydrogens is 292 g/mol. The van der Waals surface area contributed by atoms with Gasteiger partial charge < -0.3 is 13.9 Å². The van der Waals surface area contributed by atoms with Gasteiger partial charge in [-0.1, -0.05) is 6.07 Å². The monoisotopic (exact) mass is 314 g/mol. The van der Waals surface area contributed by atoms with E-state index in [1.807, 2.05) is 30.3 Å². The number of nitrogens with zero attached hydrogens (tertiary/aromatic N) is 2. The van der Waals surface area contributed by atoms with E-state index in [9.17, 15) is 0 Å². The van der Waals surface area contributed by atoms with Crippen LogP contribution in [0.4, 0.5) is 0 Å². The summed E-state index contributed by atoms with van der Waals surface area (Å²) < 4.78 is 17.6. The van der Waals surface area contributed by atoms with Crippen molar-refractivity contribution in [2.24, 2.45) is 0 Å². The third kappa shape index (κ3) is 3.41. The van der Waals surface area contributed by atoms with Gasteiger partial charge in [-0.3, -0.25) is 4.90 Å². The summed E-state index contributed by atoms with van der Waals surface area (Å²) in [6.07, 6.45) is 6.76. The topological polar surface area (TPSA) is 47.7 Å². The molecule has 0 aliphatic carbocycles. The molecule has 0 amide bonds. The molecular formula is C18H22N2O3. The van der Waals surface area contributed by atoms with Gasteiger partial charge in [-0.05, 0) is 37.6 Å². The minimum absolute atomic E-state index is 0.0791. The summed E-state index contributed by atoms with van der Waals surface area (Å²) in [7, 11) is 0. The maximum atomic E-state index is 6.19. The third-order valence-electron chi connectivity index (χ3n) is 4.68. The maximum Gasteiger partial charge on any atom is 0.213 e. The van der Waals surface area contributed by atoms with E-state index in [2.05, 4.69) is 9.88 Å². The summed E-state index contributed by atoms with van der Waals surface area (Å²) in [5.74, 6) is 1.70. The Morgan fingerprint density at radius 3 is 3.13 bits per heavy atom. The molecule has 2 fully saturated rings. The number of likely N-dealkylation sites (tertiary alicyclic amines) is 1. The Hall–Kier alpha value is -1.85. The molecule has 2 aromatic rings. The standard InChI is InChI=1S/C18H22N2O3/c1-2-8-19-17(6-1)23-16-11-18(22-13-16)7-4-9-20(14-18)12-15-5-3-10-21-15/h1-3,5-6,8,10,16H,4,7,9,11-14H2/t16-,18-/m0/s1. The predicted molar refractivity (Wildman–Crippen MR) is 85.2 cm³/mol. The van der Waals surface area contributed by atoms with Crippen molar-refractivity contribution < 1.29 is 13.9 Å². The normalized spacial score (nSPS) is 28.3. The summed E-state index contributed by atoms with van der Waals surface area (Å²) in [4.78, 5) is 6.66. The van der Waals surface area contributed by atoms with Gasteiger partial charge in [0.2, 0.25) is 5.88 Å². The Morgan fingerprint density at radius 1 is 1.30 bits per heavy atom. The van der Waals surface area contributed by atoms with Crippen molar-refractivity contribution in [1.29, 1.82) is 0 Å². The molecule has 4 heterocycles. The molecule has 23 heavy (non-hydrogen) atoms. The van der Waals surface area contributed by atoms with Crippen LogP contribution in [0, 0.1) is 0 Å². The highest BCUT2D eigenvalue weighted by molar-refractivity contribution is 5.10. The van der Waals surface area contributed by atoms with Crippen molar-refractivity contribution in [2.75, 3.05) is 19.7 Å². The van der Waals surface area contributed by atoms with Crippen molar-refractivity contribution in [2.45, 2.75) is 37.5 Å². The highest BCUT2D eigenvalue weighted by Gasteiger charge is 2.44. The van der Waals surface area contributed by atoms with Crippen LogP contribution < -0.4 is 4.74 Å². The molecule has 0 saturated carbocycles. The molecule has 0 aromatic carbocycles. The van der Waals surface area contributed by atoms with Gasteiger partial charge in [-0.15, -0.1) is 0 Å². The Bertz CT molecular complexity index is 616. The van der Waals surface area contributed by atoms with E-state index in [1.54, 1.807) is 12.5 Å². The molecule has 2 aliphatic rings. The summed E-state index contributed by atoms with van der Waals surface area (Å²) in [5.41, 5.74) is -0.0791. The van der Waals surface area contributed by atoms with E-state index in [0.717, 1.165) is 44.7 Å². The summed E-state index contributed by atoms with van der Waals surface area (Å²) in [6, 6.07) is 9.71. The molecule has 2 aromatic heterocycles. The quantitative estimate of drug-likeness (QED) is 0.868. The van der Waals surface area contributed by atoms with E-state index in [0.29, 0.717) is 12.5 Å². The van der Waals surface area contributed by atoms with Crippen LogP contribution >= 0.6 is 0 Å². The van der Waals surface area contributed by atoms with Crippen LogP contribution in [-0.2, 0) is 11.3 Å². The molecule has 2 atom stereocenters. The number of hydrogen-bond acceptors (Lipinski definition) is 5. The fraction of sp³-hybridized carbons (Fsp3) is 0.500. The SMILES string of the molecule is c1ccc(O[C@@H]2CO[C@@]3(CCCN(Cc4ccco4)C3)C2)nc1. The van der Waals surface area contributed by atoms with Crippen LogP contribution in [0.2, 0.25) is 0 Å². The second-order valence-electron chi connectivity index (χ2n) is 6.50. The number of hydrogen-bond donors (Lipinski definition) is 0. The van der Waals surface area contributed by atoms with Gasteiger partial charge in [0.1, 0.15) is 11.9 Å². The van der Waals surface area contributed by atoms with Gasteiger partial charge >= 0.3 is 0 Å². The lowest BCUT2D eigenvalue weighted by Gasteiger charge is -2.39. The van der Waals surface area contributed by atoms with E-state index in [1.165, 1.54) is 0 Å². The molecule has 4 rings (SSSR count). The predicted octanol–water partition coefficient (Wildman–Crippen LogP) is 2.88. The highest BCUT2D eigenvalue weighted by atomic mass is 16.6. The van der Waals surface area contributed by atoms with Gasteiger partial charge in [-0.2, -0.15) is 0 Å². The van der Waals surface area contributed by atoms with Crippen molar-refractivity contribution in [3.05, 3.63) is 48.6 Å². The fourth-order valence-electron chi connectivity index (χ4n) is 3.70. The molecule has 122 valence electrons. The lowest BCUT2D eigenvalue weighted by atomic mass is 9.89. The van der Waals surface area contributed by atoms with Crippen LogP contribution in [0.15, 0.2) is 47.2 Å². The lowest BCUT2D eigenvalue weighted by molar-refractivity contribution is -0.0549. The van der Waals surface area contributed by atoms with Crippen LogP contribution in [-0.4, -0.2) is 41.3 Å². The Kier molecular flexibility index (Phi) is 4.06. The number of aromatic nitrogens is 1. The lowest BCUT2D eigenvalue weighted by Crippen LogP contribution is -2.47. The second-order valence-corrected chi connectivity index (χ2v) is 6.50. The van der Waals surface area contributed by atoms with E-state index in [-0.39, 0.29) is 11.7 Å². The van der Waals surface area contributed by atoms with E-state index in [4.69, 9.17) is 13.9 Å². The van der Waals surface area contributed by atoms with Crippen molar-refractivity contribution in [3.63, 3.8) is 0 Å². The number of piperidine rings is 1. The number of pyridine rings is 1. The summed E-state index contributed by atoms with van der Waals surface area (Å²) >= 11 is 0. The Labute approximate surface area is 136 Å². The molecule has 0 radical (unpaired) electrons. The first-order valence-electron chi connectivity index (χ1n) is 8.28. The second kappa shape index (κ2) is 6.34. The number of ether oxygens (including phenoxy) is 2. The van der Waals surface area contributed by atoms with Crippen LogP contribution in [0.25, 0.3) is 0 Å². The van der Waals surface area contributed by atoms with Crippen molar-refractivity contribution >= 4 is 0 Å². The van der Waals surface area contributed by atoms with Crippen LogP contribution in [0.5, 0.6) is 5.88 Å². The van der Waals surface area contributed by atoms with Gasteiger partial charge in [0.25, 0.3) is 0 Å². The molecule has 1 spiro atoms. The zero-order valence-corrected chi connectivity index (χ0v) is 13.2. The zero-order chi connectivity index (χ0) is 15.5. The van der Waals surface area contributed by atoms with Crippen LogP contribution in [0.3, 0.4) is 0 Å². The van der Waals surface area contributed by atoms with E-state index >= 15 is 0 Å². The zero-order valence-electron chi connectivity index (χ0n) is 13.2. The molecule has 2 aliphatic heterocycles. The molecule has 5 heteroatoms. The number of furan rings is 1. The van der Waals surface area contributed by atoms with E-state index < -0.39 is 0 Å². The average Bonchev–Trinajstić information content (AvgIpc) is 3.19. The molecule has 0 bridgehead atoms. The first kappa shape index (κ1) is 14.7. The summed E-state index contributed by atoms with van der Waals surface area (Å²) in [6.45, 7) is 3.53. The summed E-state index contributed by atoms with van der Waals surface area (Å²) in [5, 5.41) is 0. The molecule has 0 N–H and O–H groups in total. The minimum Gasteiger partial charge on any atom is -0.472 e. The first-order valence-corrected chi connectivity index (χ1v) is 8.28. The Morgan fingerprint density at radius 2 is 2.30 bits per heavy atom. The first-order chi connectivity index (χ1) is 11.3. The maximum absolute atomic E-state index is 6.19. The molecule has 0 unspecified atom stereocenters. The smallest absolute Gasteiger partial charge is 0.213 e. The van der Waals surface area contributed by atoms with Gasteiger partial charge in [0, 0.05) is 25.2 Å². The highest BCUT2D eigenvalue weighted by Crippen LogP contribution is 2.36. The van der Waals surface area contributed by atoms with Gasteiger partial charge in [0.15, 0.2) is 0 Å². The van der Waals surface area contributed by atoms with Crippen molar-refractivity contribution in [1.82, 2.24) is 9.88 Å². The van der Waals surface area contributed by atoms with Gasteiger partial charge in [-0.25, -0.2) is 4.98 Å². The third-order valence-corrected chi connectivity index (χ3v) is 4.68. The fourth-order valence-corrected chi connectivity index (χ4v) is 3.70. The Balaban J connectivity index is 1.37. The van der Waals surface area contributed by atoms with Gasteiger partial charge in [0.05, 0.1) is 25.0 Å². The molecule has 5 nitrogen and oxygen atoms in total. The minimum atomic E-state index is -0.0791. The number of rotatable bonds is 4.